The maximum absolute atomic E-state index is 12.3. The highest BCUT2D eigenvalue weighted by atomic mass is 19.4. The normalized spacial score (nSPS) is 22.9. The van der Waals surface area contributed by atoms with E-state index in [-0.39, 0.29) is 6.04 Å². The maximum atomic E-state index is 12.3. The molecule has 0 N–H and O–H groups in total. The molecule has 0 aromatic carbocycles. The van der Waals surface area contributed by atoms with Crippen molar-refractivity contribution in [3.63, 3.8) is 0 Å². The predicted molar refractivity (Wildman–Crippen MR) is 45.4 cm³/mol. The van der Waals surface area contributed by atoms with Crippen LogP contribution in [-0.2, 0) is 4.74 Å². The van der Waals surface area contributed by atoms with Crippen LogP contribution in [0.1, 0.15) is 12.5 Å². The van der Waals surface area contributed by atoms with Gasteiger partial charge in [0.15, 0.2) is 0 Å². The van der Waals surface area contributed by atoms with Crippen LogP contribution in [0.2, 0.25) is 0 Å². The Labute approximate surface area is 78.9 Å². The number of ether oxygens (including phenoxy) is 1. The predicted octanol–water partition coefficient (Wildman–Crippen LogP) is 0.899. The largest absolute Gasteiger partial charge is 0.512 e. The molecule has 1 aliphatic heterocycles. The summed E-state index contributed by atoms with van der Waals surface area (Å²) in [4.78, 5) is 0. The van der Waals surface area contributed by atoms with Crippen LogP contribution in [0.25, 0.3) is 0 Å². The molecule has 1 saturated heterocycles. The van der Waals surface area contributed by atoms with E-state index in [2.05, 4.69) is 5.10 Å². The molecular weight excluding hydrogens is 196 g/mol. The molecule has 0 aliphatic carbocycles. The fraction of sp³-hybridized carbons (Fsp3) is 0.571. The van der Waals surface area contributed by atoms with Crippen molar-refractivity contribution in [2.24, 2.45) is 0 Å². The fourth-order valence-corrected chi connectivity index (χ4v) is 1.45. The van der Waals surface area contributed by atoms with Crippen LogP contribution in [0, 0.1) is 0 Å². The average Bonchev–Trinajstić information content (AvgIpc) is 2.73. The highest BCUT2D eigenvalue weighted by molar-refractivity contribution is 6.73. The first kappa shape index (κ1) is 9.58. The fourth-order valence-electron chi connectivity index (χ4n) is 1.45. The third-order valence-electron chi connectivity index (χ3n) is 2.28. The number of hydrogen-bond acceptors (Lipinski definition) is 2. The van der Waals surface area contributed by atoms with Crippen molar-refractivity contribution in [2.75, 3.05) is 13.2 Å². The molecule has 3 nitrogen and oxygen atoms in total. The molecule has 1 aromatic rings. The number of halogens is 3. The zero-order valence-corrected chi connectivity index (χ0v) is 7.37. The smallest absolute Gasteiger partial charge is 0.445 e. The molecule has 2 rings (SSSR count). The Morgan fingerprint density at radius 2 is 2.29 bits per heavy atom. The molecule has 1 aliphatic rings. The van der Waals surface area contributed by atoms with E-state index in [0.717, 1.165) is 18.8 Å². The zero-order valence-electron chi connectivity index (χ0n) is 7.37. The van der Waals surface area contributed by atoms with Crippen LogP contribution in [0.4, 0.5) is 12.9 Å². The first-order chi connectivity index (χ1) is 6.57. The molecule has 0 radical (unpaired) electrons. The summed E-state index contributed by atoms with van der Waals surface area (Å²) in [5, 5.41) is 3.70. The summed E-state index contributed by atoms with van der Waals surface area (Å²) in [6, 6.07) is -0.0399. The molecule has 0 bridgehead atoms. The van der Waals surface area contributed by atoms with Gasteiger partial charge in [-0.1, -0.05) is 5.46 Å². The van der Waals surface area contributed by atoms with E-state index in [1.165, 1.54) is 4.68 Å². The second-order valence-corrected chi connectivity index (χ2v) is 3.35. The Hall–Kier alpha value is -0.975. The maximum Gasteiger partial charge on any atom is 0.512 e. The average molecular weight is 205 g/mol. The Morgan fingerprint density at radius 1 is 1.50 bits per heavy atom. The molecule has 0 unspecified atom stereocenters. The molecule has 1 aromatic heterocycles. The van der Waals surface area contributed by atoms with Gasteiger partial charge in [-0.2, -0.15) is 5.10 Å². The van der Waals surface area contributed by atoms with Gasteiger partial charge in [0.1, 0.15) is 0 Å². The third kappa shape index (κ3) is 1.77. The molecule has 7 heteroatoms. The molecular formula is C7H9BF3N2O-. The number of hydrogen-bond donors (Lipinski definition) is 0. The Bertz CT molecular complexity index is 319. The van der Waals surface area contributed by atoms with E-state index < -0.39 is 12.4 Å². The van der Waals surface area contributed by atoms with Crippen LogP contribution in [0.15, 0.2) is 12.4 Å². The van der Waals surface area contributed by atoms with Crippen molar-refractivity contribution in [1.29, 1.82) is 0 Å². The SMILES string of the molecule is F[B-](F)(F)c1cnn([C@@H]2CCOC2)c1. The van der Waals surface area contributed by atoms with E-state index in [1.807, 2.05) is 0 Å². The molecule has 0 saturated carbocycles. The Kier molecular flexibility index (Phi) is 2.26. The molecule has 0 amide bonds. The summed E-state index contributed by atoms with van der Waals surface area (Å²) < 4.78 is 43.2. The van der Waals surface area contributed by atoms with E-state index in [0.29, 0.717) is 13.2 Å². The first-order valence-electron chi connectivity index (χ1n) is 4.39. The van der Waals surface area contributed by atoms with Gasteiger partial charge in [0.25, 0.3) is 0 Å². The van der Waals surface area contributed by atoms with Gasteiger partial charge < -0.3 is 17.7 Å². The van der Waals surface area contributed by atoms with Gasteiger partial charge in [0.2, 0.25) is 0 Å². The van der Waals surface area contributed by atoms with Gasteiger partial charge in [-0.05, 0) is 12.6 Å². The van der Waals surface area contributed by atoms with Crippen LogP contribution >= 0.6 is 0 Å². The van der Waals surface area contributed by atoms with E-state index in [4.69, 9.17) is 4.74 Å². The first-order valence-corrected chi connectivity index (χ1v) is 4.39. The lowest BCUT2D eigenvalue weighted by Gasteiger charge is -2.11. The Morgan fingerprint density at radius 3 is 2.79 bits per heavy atom. The zero-order chi connectivity index (χ0) is 10.2. The molecule has 1 atom stereocenters. The highest BCUT2D eigenvalue weighted by Crippen LogP contribution is 2.17. The van der Waals surface area contributed by atoms with Gasteiger partial charge in [-0.3, -0.25) is 4.68 Å². The lowest BCUT2D eigenvalue weighted by Crippen LogP contribution is -2.32. The second kappa shape index (κ2) is 3.31. The van der Waals surface area contributed by atoms with E-state index in [1.54, 1.807) is 0 Å². The quantitative estimate of drug-likeness (QED) is 0.670. The topological polar surface area (TPSA) is 27.1 Å². The van der Waals surface area contributed by atoms with E-state index >= 15 is 0 Å². The van der Waals surface area contributed by atoms with Crippen LogP contribution in [-0.4, -0.2) is 30.0 Å². The van der Waals surface area contributed by atoms with Crippen molar-refractivity contribution in [3.8, 4) is 0 Å². The highest BCUT2D eigenvalue weighted by Gasteiger charge is 2.28. The second-order valence-electron chi connectivity index (χ2n) is 3.35. The van der Waals surface area contributed by atoms with Crippen molar-refractivity contribution in [3.05, 3.63) is 12.4 Å². The summed E-state index contributed by atoms with van der Waals surface area (Å²) in [5.74, 6) is 0. The summed E-state index contributed by atoms with van der Waals surface area (Å²) in [6.07, 6.45) is 2.66. The number of rotatable bonds is 2. The summed E-state index contributed by atoms with van der Waals surface area (Å²) in [6.45, 7) is -3.88. The standard InChI is InChI=1S/C7H9BF3N2O/c9-8(10,11)6-3-12-13(4-6)7-1-2-14-5-7/h3-4,7H,1-2,5H2/q-1/t7-/m1/s1. The monoisotopic (exact) mass is 205 g/mol. The molecule has 1 fully saturated rings. The Balaban J connectivity index is 2.17. The van der Waals surface area contributed by atoms with Crippen LogP contribution in [0.5, 0.6) is 0 Å². The lowest BCUT2D eigenvalue weighted by molar-refractivity contribution is 0.184. The number of aromatic nitrogens is 2. The van der Waals surface area contributed by atoms with Gasteiger partial charge in [0, 0.05) is 12.8 Å². The minimum absolute atomic E-state index is 0.0399. The summed E-state index contributed by atoms with van der Waals surface area (Å²) in [7, 11) is 0. The minimum atomic E-state index is -4.93. The lowest BCUT2D eigenvalue weighted by atomic mass is 9.83. The van der Waals surface area contributed by atoms with Crippen molar-refractivity contribution >= 4 is 12.4 Å². The van der Waals surface area contributed by atoms with Crippen LogP contribution in [0.3, 0.4) is 0 Å². The number of nitrogens with zero attached hydrogens (tertiary/aromatic N) is 2. The van der Waals surface area contributed by atoms with Gasteiger partial charge in [-0.25, -0.2) is 0 Å². The van der Waals surface area contributed by atoms with Crippen molar-refractivity contribution < 1.29 is 17.7 Å². The molecule has 2 heterocycles. The summed E-state index contributed by atoms with van der Waals surface area (Å²) in [5.41, 5.74) is -0.642. The molecule has 78 valence electrons. The van der Waals surface area contributed by atoms with Gasteiger partial charge in [-0.15, -0.1) is 0 Å². The van der Waals surface area contributed by atoms with E-state index in [9.17, 15) is 12.9 Å². The molecule has 14 heavy (non-hydrogen) atoms. The van der Waals surface area contributed by atoms with Crippen molar-refractivity contribution in [2.45, 2.75) is 12.5 Å². The summed E-state index contributed by atoms with van der Waals surface area (Å²) >= 11 is 0. The van der Waals surface area contributed by atoms with Gasteiger partial charge >= 0.3 is 6.98 Å². The van der Waals surface area contributed by atoms with Gasteiger partial charge in [0.05, 0.1) is 12.6 Å². The van der Waals surface area contributed by atoms with Crippen LogP contribution < -0.4 is 5.46 Å². The third-order valence-corrected chi connectivity index (χ3v) is 2.28. The minimum Gasteiger partial charge on any atom is -0.445 e. The molecule has 0 spiro atoms. The van der Waals surface area contributed by atoms with Crippen molar-refractivity contribution in [1.82, 2.24) is 9.78 Å².